The van der Waals surface area contributed by atoms with Crippen molar-refractivity contribution in [2.24, 2.45) is 0 Å². The molecule has 0 fully saturated rings. The van der Waals surface area contributed by atoms with E-state index in [-0.39, 0.29) is 5.41 Å². The Morgan fingerprint density at radius 3 is 1.59 bits per heavy atom. The van der Waals surface area contributed by atoms with E-state index in [9.17, 15) is 0 Å². The van der Waals surface area contributed by atoms with Gasteiger partial charge in [0.25, 0.3) is 0 Å². The van der Waals surface area contributed by atoms with Gasteiger partial charge in [0.1, 0.15) is 0 Å². The van der Waals surface area contributed by atoms with Gasteiger partial charge in [-0.05, 0) is 127 Å². The summed E-state index contributed by atoms with van der Waals surface area (Å²) in [5.74, 6) is 0. The largest absolute Gasteiger partial charge is 0.310 e. The Morgan fingerprint density at radius 2 is 0.848 bits per heavy atom. The number of benzene rings is 10. The van der Waals surface area contributed by atoms with Crippen LogP contribution in [0.25, 0.3) is 60.9 Å². The maximum absolute atomic E-state index is 2.43. The third-order valence-corrected chi connectivity index (χ3v) is 14.7. The SMILES string of the molecule is CC1(C)c2ccccc2C2(c3ccccc3-c3c(-c4cccc(N(c5ccc(-c6ccccc6)cc5)c5ccc6c(c5)c5ccccc5n6-c5ccccc5)c4)cccc32)c2ccccc21. The van der Waals surface area contributed by atoms with Crippen molar-refractivity contribution in [2.75, 3.05) is 4.90 Å². The summed E-state index contributed by atoms with van der Waals surface area (Å²) in [6.45, 7) is 4.78. The lowest BCUT2D eigenvalue weighted by Crippen LogP contribution is -2.40. The van der Waals surface area contributed by atoms with Gasteiger partial charge in [0.15, 0.2) is 0 Å². The van der Waals surface area contributed by atoms with Crippen molar-refractivity contribution >= 4 is 38.9 Å². The third-order valence-electron chi connectivity index (χ3n) is 14.7. The molecule has 0 N–H and O–H groups in total. The van der Waals surface area contributed by atoms with Crippen LogP contribution in [0, 0.1) is 0 Å². The van der Waals surface area contributed by atoms with Crippen LogP contribution in [0.1, 0.15) is 47.2 Å². The summed E-state index contributed by atoms with van der Waals surface area (Å²) in [6, 6.07) is 89.9. The molecule has 2 aliphatic rings. The average molecular weight is 843 g/mol. The molecule has 0 saturated heterocycles. The molecule has 0 unspecified atom stereocenters. The Kier molecular flexibility index (Phi) is 8.51. The highest BCUT2D eigenvalue weighted by Gasteiger charge is 2.53. The van der Waals surface area contributed by atoms with Gasteiger partial charge in [-0.2, -0.15) is 0 Å². The molecule has 13 rings (SSSR count). The Hall–Kier alpha value is -8.20. The zero-order chi connectivity index (χ0) is 44.0. The number of aromatic nitrogens is 1. The molecule has 1 heterocycles. The van der Waals surface area contributed by atoms with Crippen LogP contribution < -0.4 is 4.90 Å². The number of rotatable bonds is 6. The van der Waals surface area contributed by atoms with Crippen molar-refractivity contribution in [3.8, 4) is 39.1 Å². The number of para-hydroxylation sites is 2. The van der Waals surface area contributed by atoms with Gasteiger partial charge in [-0.3, -0.25) is 0 Å². The number of anilines is 3. The van der Waals surface area contributed by atoms with E-state index in [4.69, 9.17) is 0 Å². The maximum atomic E-state index is 2.43. The first kappa shape index (κ1) is 38.3. The normalized spacial score (nSPS) is 13.8. The fraction of sp³-hybridized carbons (Fsp3) is 0.0625. The molecule has 11 aromatic rings. The van der Waals surface area contributed by atoms with E-state index in [1.54, 1.807) is 0 Å². The molecular formula is C64H46N2. The molecule has 10 aromatic carbocycles. The van der Waals surface area contributed by atoms with Crippen molar-refractivity contribution < 1.29 is 0 Å². The van der Waals surface area contributed by atoms with Gasteiger partial charge in [-0.15, -0.1) is 0 Å². The summed E-state index contributed by atoms with van der Waals surface area (Å²) in [6.07, 6.45) is 0. The topological polar surface area (TPSA) is 8.17 Å². The van der Waals surface area contributed by atoms with E-state index in [0.717, 1.165) is 22.7 Å². The van der Waals surface area contributed by atoms with Crippen molar-refractivity contribution in [2.45, 2.75) is 24.7 Å². The van der Waals surface area contributed by atoms with Gasteiger partial charge in [-0.25, -0.2) is 0 Å². The van der Waals surface area contributed by atoms with Crippen LogP contribution in [-0.4, -0.2) is 4.57 Å². The molecule has 1 aromatic heterocycles. The highest BCUT2D eigenvalue weighted by molar-refractivity contribution is 6.11. The van der Waals surface area contributed by atoms with Crippen LogP contribution in [0.4, 0.5) is 17.1 Å². The maximum Gasteiger partial charge on any atom is 0.0719 e. The van der Waals surface area contributed by atoms with Crippen molar-refractivity contribution in [3.63, 3.8) is 0 Å². The average Bonchev–Trinajstić information content (AvgIpc) is 3.87. The fourth-order valence-corrected chi connectivity index (χ4v) is 11.8. The Labute approximate surface area is 386 Å². The second-order valence-corrected chi connectivity index (χ2v) is 18.4. The first-order valence-corrected chi connectivity index (χ1v) is 23.1. The molecule has 1 spiro atoms. The lowest BCUT2D eigenvalue weighted by atomic mass is 9.55. The third kappa shape index (κ3) is 5.48. The van der Waals surface area contributed by atoms with Crippen LogP contribution in [0.3, 0.4) is 0 Å². The van der Waals surface area contributed by atoms with Gasteiger partial charge in [0, 0.05) is 38.9 Å². The molecule has 0 saturated carbocycles. The van der Waals surface area contributed by atoms with E-state index in [2.05, 4.69) is 266 Å². The summed E-state index contributed by atoms with van der Waals surface area (Å²) in [5.41, 5.74) is 21.9. The van der Waals surface area contributed by atoms with Crippen LogP contribution in [0.2, 0.25) is 0 Å². The zero-order valence-electron chi connectivity index (χ0n) is 37.0. The minimum Gasteiger partial charge on any atom is -0.310 e. The second-order valence-electron chi connectivity index (χ2n) is 18.4. The Bertz CT molecular complexity index is 3620. The predicted molar refractivity (Wildman–Crippen MR) is 276 cm³/mol. The molecule has 66 heavy (non-hydrogen) atoms. The minimum atomic E-state index is -0.455. The Balaban J connectivity index is 1.02. The standard InChI is InChI=1S/C64H46N2/c1-63(2)55-29-12-14-31-57(55)64(58-32-15-13-30-56(58)63)54-28-11-9-26-52(54)62-50(27-18-33-59(62)64)45-21-17-24-48(41-45)65(47-37-35-44(36-38-47)43-19-5-3-6-20-43)49-39-40-61-53(42-49)51-25-10-16-34-60(51)66(61)46-22-7-4-8-23-46/h3-42H,1-2H3. The van der Waals surface area contributed by atoms with E-state index >= 15 is 0 Å². The number of hydrogen-bond donors (Lipinski definition) is 0. The van der Waals surface area contributed by atoms with Gasteiger partial charge >= 0.3 is 0 Å². The lowest BCUT2D eigenvalue weighted by Gasteiger charge is -2.46. The number of hydrogen-bond acceptors (Lipinski definition) is 1. The summed E-state index contributed by atoms with van der Waals surface area (Å²) >= 11 is 0. The molecule has 0 amide bonds. The minimum absolute atomic E-state index is 0.149. The molecule has 2 aliphatic carbocycles. The molecule has 0 radical (unpaired) electrons. The molecule has 0 bridgehead atoms. The number of nitrogens with zero attached hydrogens (tertiary/aromatic N) is 2. The monoisotopic (exact) mass is 842 g/mol. The van der Waals surface area contributed by atoms with Gasteiger partial charge in [0.2, 0.25) is 0 Å². The highest BCUT2D eigenvalue weighted by Crippen LogP contribution is 2.63. The first-order valence-electron chi connectivity index (χ1n) is 23.1. The predicted octanol–water partition coefficient (Wildman–Crippen LogP) is 16.6. The summed E-state index contributed by atoms with van der Waals surface area (Å²) in [4.78, 5) is 2.43. The van der Waals surface area contributed by atoms with Gasteiger partial charge in [-0.1, -0.05) is 196 Å². The van der Waals surface area contributed by atoms with Crippen LogP contribution in [-0.2, 0) is 10.8 Å². The summed E-state index contributed by atoms with van der Waals surface area (Å²) in [7, 11) is 0. The van der Waals surface area contributed by atoms with Crippen molar-refractivity contribution in [1.29, 1.82) is 0 Å². The smallest absolute Gasteiger partial charge is 0.0719 e. The van der Waals surface area contributed by atoms with E-state index in [1.807, 2.05) is 0 Å². The lowest BCUT2D eigenvalue weighted by molar-refractivity contribution is 0.563. The first-order chi connectivity index (χ1) is 32.5. The molecule has 0 aliphatic heterocycles. The quantitative estimate of drug-likeness (QED) is 0.162. The van der Waals surface area contributed by atoms with Crippen LogP contribution in [0.5, 0.6) is 0 Å². The molecule has 2 heteroatoms. The van der Waals surface area contributed by atoms with Crippen molar-refractivity contribution in [1.82, 2.24) is 4.57 Å². The molecule has 312 valence electrons. The van der Waals surface area contributed by atoms with Crippen LogP contribution in [0.15, 0.2) is 243 Å². The zero-order valence-corrected chi connectivity index (χ0v) is 37.0. The summed E-state index contributed by atoms with van der Waals surface area (Å²) in [5, 5.41) is 2.45. The van der Waals surface area contributed by atoms with E-state index in [1.165, 1.54) is 88.6 Å². The van der Waals surface area contributed by atoms with Crippen molar-refractivity contribution in [3.05, 3.63) is 276 Å². The second kappa shape index (κ2) is 14.7. The molecule has 0 atom stereocenters. The van der Waals surface area contributed by atoms with E-state index in [0.29, 0.717) is 0 Å². The van der Waals surface area contributed by atoms with E-state index < -0.39 is 5.41 Å². The molecular weight excluding hydrogens is 797 g/mol. The summed E-state index contributed by atoms with van der Waals surface area (Å²) < 4.78 is 2.39. The fourth-order valence-electron chi connectivity index (χ4n) is 11.8. The molecule has 2 nitrogen and oxygen atoms in total. The van der Waals surface area contributed by atoms with Gasteiger partial charge in [0.05, 0.1) is 16.4 Å². The highest BCUT2D eigenvalue weighted by atomic mass is 15.1. The van der Waals surface area contributed by atoms with Crippen LogP contribution >= 0.6 is 0 Å². The van der Waals surface area contributed by atoms with Gasteiger partial charge < -0.3 is 9.47 Å². The number of fused-ring (bicyclic) bond motifs is 12. The Morgan fingerprint density at radius 1 is 0.333 bits per heavy atom.